The minimum Gasteiger partial charge on any atom is -0.488 e. The van der Waals surface area contributed by atoms with E-state index >= 15 is 0 Å². The highest BCUT2D eigenvalue weighted by Gasteiger charge is 2.34. The Labute approximate surface area is 160 Å². The van der Waals surface area contributed by atoms with Crippen LogP contribution in [-0.4, -0.2) is 36.3 Å². The Hall–Kier alpha value is -2.03. The number of benzene rings is 1. The second-order valence-electron chi connectivity index (χ2n) is 6.98. The maximum Gasteiger partial charge on any atom is 0.573 e. The molecule has 0 bridgehead atoms. The van der Waals surface area contributed by atoms with E-state index in [1.54, 1.807) is 6.92 Å². The van der Waals surface area contributed by atoms with Crippen LogP contribution in [0.15, 0.2) is 18.2 Å². The number of aliphatic hydroxyl groups is 1. The van der Waals surface area contributed by atoms with Gasteiger partial charge in [-0.25, -0.2) is 4.39 Å². The number of esters is 1. The molecule has 1 saturated carbocycles. The molecule has 1 N–H and O–H groups in total. The van der Waals surface area contributed by atoms with Crippen LogP contribution in [0.3, 0.4) is 0 Å². The van der Waals surface area contributed by atoms with E-state index < -0.39 is 30.1 Å². The summed E-state index contributed by atoms with van der Waals surface area (Å²) in [6.45, 7) is 3.86. The zero-order valence-electron chi connectivity index (χ0n) is 15.7. The van der Waals surface area contributed by atoms with Gasteiger partial charge >= 0.3 is 12.3 Å². The zero-order valence-corrected chi connectivity index (χ0v) is 15.7. The summed E-state index contributed by atoms with van der Waals surface area (Å²) in [4.78, 5) is 11.8. The molecule has 0 aliphatic heterocycles. The number of ether oxygens (including phenoxy) is 3. The molecule has 1 aliphatic carbocycles. The quantitative estimate of drug-likeness (QED) is 0.541. The van der Waals surface area contributed by atoms with Gasteiger partial charge < -0.3 is 19.3 Å². The Kier molecular flexibility index (Phi) is 7.51. The highest BCUT2D eigenvalue weighted by molar-refractivity contribution is 5.71. The van der Waals surface area contributed by atoms with Gasteiger partial charge in [-0.15, -0.1) is 13.2 Å². The van der Waals surface area contributed by atoms with E-state index in [2.05, 4.69) is 4.74 Å². The number of carbonyl (C=O) groups excluding carboxylic acids is 1. The summed E-state index contributed by atoms with van der Waals surface area (Å²) >= 11 is 0. The Morgan fingerprint density at radius 2 is 2.04 bits per heavy atom. The number of hydrogen-bond acceptors (Lipinski definition) is 5. The van der Waals surface area contributed by atoms with Gasteiger partial charge in [0.15, 0.2) is 11.6 Å². The minimum absolute atomic E-state index is 0.0201. The largest absolute Gasteiger partial charge is 0.573 e. The van der Waals surface area contributed by atoms with Gasteiger partial charge in [-0.3, -0.25) is 4.79 Å². The van der Waals surface area contributed by atoms with E-state index in [1.807, 2.05) is 6.92 Å². The van der Waals surface area contributed by atoms with E-state index in [0.717, 1.165) is 18.2 Å². The van der Waals surface area contributed by atoms with E-state index in [9.17, 15) is 27.5 Å². The molecular weight excluding hydrogens is 384 g/mol. The number of rotatable bonds is 7. The Morgan fingerprint density at radius 1 is 1.32 bits per heavy atom. The summed E-state index contributed by atoms with van der Waals surface area (Å²) in [5.74, 6) is -2.71. The molecule has 4 atom stereocenters. The van der Waals surface area contributed by atoms with Crippen molar-refractivity contribution in [1.82, 2.24) is 0 Å². The highest BCUT2D eigenvalue weighted by Crippen LogP contribution is 2.32. The van der Waals surface area contributed by atoms with Crippen molar-refractivity contribution in [1.29, 1.82) is 0 Å². The van der Waals surface area contributed by atoms with Crippen molar-refractivity contribution in [3.8, 4) is 11.5 Å². The molecule has 1 aromatic rings. The number of alkyl halides is 3. The van der Waals surface area contributed by atoms with E-state index in [0.29, 0.717) is 25.7 Å². The van der Waals surface area contributed by atoms with Gasteiger partial charge in [0.25, 0.3) is 0 Å². The molecule has 1 aromatic carbocycles. The summed E-state index contributed by atoms with van der Waals surface area (Å²) in [7, 11) is 0. The molecule has 158 valence electrons. The summed E-state index contributed by atoms with van der Waals surface area (Å²) in [5.41, 5.74) is 0. The third-order valence-electron chi connectivity index (χ3n) is 4.76. The van der Waals surface area contributed by atoms with Gasteiger partial charge in [-0.2, -0.15) is 0 Å². The lowest BCUT2D eigenvalue weighted by atomic mass is 9.85. The first-order valence-electron chi connectivity index (χ1n) is 9.15. The maximum atomic E-state index is 13.8. The number of aliphatic hydroxyl groups excluding tert-OH is 1. The van der Waals surface area contributed by atoms with Gasteiger partial charge in [0.1, 0.15) is 11.9 Å². The van der Waals surface area contributed by atoms with Gasteiger partial charge in [0, 0.05) is 6.07 Å². The molecule has 0 heterocycles. The van der Waals surface area contributed by atoms with Crippen LogP contribution in [0.1, 0.15) is 39.5 Å². The molecule has 4 unspecified atom stereocenters. The van der Waals surface area contributed by atoms with E-state index in [1.165, 1.54) is 0 Å². The Balaban J connectivity index is 1.94. The zero-order chi connectivity index (χ0) is 20.9. The van der Waals surface area contributed by atoms with Crippen LogP contribution in [0.2, 0.25) is 0 Å². The smallest absolute Gasteiger partial charge is 0.488 e. The summed E-state index contributed by atoms with van der Waals surface area (Å²) in [5, 5.41) is 10.1. The lowest BCUT2D eigenvalue weighted by Gasteiger charge is -2.33. The average molecular weight is 408 g/mol. The van der Waals surface area contributed by atoms with Crippen LogP contribution in [0.25, 0.3) is 0 Å². The van der Waals surface area contributed by atoms with E-state index in [4.69, 9.17) is 9.47 Å². The average Bonchev–Trinajstić information content (AvgIpc) is 2.62. The molecule has 0 radical (unpaired) electrons. The predicted octanol–water partition coefficient (Wildman–Crippen LogP) is 4.22. The monoisotopic (exact) mass is 408 g/mol. The second-order valence-corrected chi connectivity index (χ2v) is 6.98. The molecule has 28 heavy (non-hydrogen) atoms. The normalized spacial score (nSPS) is 23.8. The van der Waals surface area contributed by atoms with E-state index in [-0.39, 0.29) is 30.2 Å². The molecule has 0 spiro atoms. The Morgan fingerprint density at radius 3 is 2.64 bits per heavy atom. The van der Waals surface area contributed by atoms with Crippen LogP contribution in [0.4, 0.5) is 17.6 Å². The summed E-state index contributed by atoms with van der Waals surface area (Å²) in [6, 6.07) is 2.74. The molecule has 5 nitrogen and oxygen atoms in total. The van der Waals surface area contributed by atoms with Crippen LogP contribution in [0.5, 0.6) is 11.5 Å². The van der Waals surface area contributed by atoms with Crippen molar-refractivity contribution in [3.05, 3.63) is 24.0 Å². The van der Waals surface area contributed by atoms with Crippen molar-refractivity contribution in [2.24, 2.45) is 11.8 Å². The molecular formula is C19H24F4O5. The minimum atomic E-state index is -5.00. The molecule has 1 aliphatic rings. The highest BCUT2D eigenvalue weighted by atomic mass is 19.4. The van der Waals surface area contributed by atoms with Gasteiger partial charge in [0.2, 0.25) is 0 Å². The van der Waals surface area contributed by atoms with Crippen LogP contribution in [-0.2, 0) is 9.53 Å². The molecule has 0 aromatic heterocycles. The fraction of sp³-hybridized carbons (Fsp3) is 0.632. The SMILES string of the molecule is CCC(C)C(=O)OCC1CCC(O)C(Oc2ccc(OC(F)(F)F)c(F)c2)C1. The summed E-state index contributed by atoms with van der Waals surface area (Å²) < 4.78 is 64.8. The number of halogens is 4. The lowest BCUT2D eigenvalue weighted by molar-refractivity contribution is -0.275. The fourth-order valence-electron chi connectivity index (χ4n) is 2.92. The maximum absolute atomic E-state index is 13.8. The van der Waals surface area contributed by atoms with Crippen LogP contribution < -0.4 is 9.47 Å². The predicted molar refractivity (Wildman–Crippen MR) is 91.3 cm³/mol. The number of carbonyl (C=O) groups is 1. The first-order chi connectivity index (χ1) is 13.1. The third-order valence-corrected chi connectivity index (χ3v) is 4.76. The number of hydrogen-bond donors (Lipinski definition) is 1. The van der Waals surface area contributed by atoms with Crippen molar-refractivity contribution >= 4 is 5.97 Å². The fourth-order valence-corrected chi connectivity index (χ4v) is 2.92. The topological polar surface area (TPSA) is 65.0 Å². The molecule has 2 rings (SSSR count). The van der Waals surface area contributed by atoms with Gasteiger partial charge in [-0.05, 0) is 43.7 Å². The van der Waals surface area contributed by atoms with Crippen LogP contribution in [0, 0.1) is 17.7 Å². The van der Waals surface area contributed by atoms with Crippen molar-refractivity contribution < 1.29 is 41.7 Å². The van der Waals surface area contributed by atoms with Crippen molar-refractivity contribution in [2.75, 3.05) is 6.61 Å². The first-order valence-corrected chi connectivity index (χ1v) is 9.15. The molecule has 1 fully saturated rings. The molecule has 0 saturated heterocycles. The standard InChI is InChI=1S/C19H24F4O5/c1-3-11(2)18(25)26-10-12-4-6-15(24)17(8-12)27-13-5-7-16(14(20)9-13)28-19(21,22)23/h5,7,9,11-12,15,17,24H,3-4,6,8,10H2,1-2H3. The summed E-state index contributed by atoms with van der Waals surface area (Å²) in [6.07, 6.45) is -4.39. The third kappa shape index (κ3) is 6.54. The van der Waals surface area contributed by atoms with Crippen molar-refractivity contribution in [2.45, 2.75) is 58.1 Å². The van der Waals surface area contributed by atoms with Crippen molar-refractivity contribution in [3.63, 3.8) is 0 Å². The Bertz CT molecular complexity index is 664. The van der Waals surface area contributed by atoms with Gasteiger partial charge in [-0.1, -0.05) is 13.8 Å². The first kappa shape index (κ1) is 22.3. The van der Waals surface area contributed by atoms with Crippen LogP contribution >= 0.6 is 0 Å². The van der Waals surface area contributed by atoms with Gasteiger partial charge in [0.05, 0.1) is 18.6 Å². The molecule has 9 heteroatoms. The molecule has 0 amide bonds. The lowest BCUT2D eigenvalue weighted by Crippen LogP contribution is -2.39. The second kappa shape index (κ2) is 9.45.